The van der Waals surface area contributed by atoms with Crippen LogP contribution in [0.15, 0.2) is 21.2 Å². The molecule has 1 heterocycles. The van der Waals surface area contributed by atoms with Crippen LogP contribution < -0.4 is 0 Å². The second-order valence-corrected chi connectivity index (χ2v) is 4.14. The summed E-state index contributed by atoms with van der Waals surface area (Å²) in [5.74, 6) is 0.876. The lowest BCUT2D eigenvalue weighted by Crippen LogP contribution is -2.30. The van der Waals surface area contributed by atoms with Gasteiger partial charge >= 0.3 is 0 Å². The van der Waals surface area contributed by atoms with Crippen molar-refractivity contribution in [3.8, 4) is 6.07 Å². The second kappa shape index (κ2) is 5.18. The van der Waals surface area contributed by atoms with Crippen molar-refractivity contribution in [3.05, 3.63) is 22.6 Å². The van der Waals surface area contributed by atoms with Crippen LogP contribution in [-0.4, -0.2) is 17.5 Å². The molecule has 0 N–H and O–H groups in total. The summed E-state index contributed by atoms with van der Waals surface area (Å²) in [6.45, 7) is 5.23. The Labute approximate surface area is 92.4 Å². The van der Waals surface area contributed by atoms with E-state index < -0.39 is 0 Å². The summed E-state index contributed by atoms with van der Waals surface area (Å²) < 4.78 is 6.11. The average molecular weight is 257 g/mol. The van der Waals surface area contributed by atoms with Crippen LogP contribution in [-0.2, 0) is 6.54 Å². The van der Waals surface area contributed by atoms with E-state index in [0.717, 1.165) is 10.4 Å². The van der Waals surface area contributed by atoms with Crippen LogP contribution in [0.5, 0.6) is 0 Å². The zero-order chi connectivity index (χ0) is 10.6. The Morgan fingerprint density at radius 3 is 2.71 bits per heavy atom. The van der Waals surface area contributed by atoms with E-state index in [1.807, 2.05) is 17.0 Å². The van der Waals surface area contributed by atoms with Crippen molar-refractivity contribution in [1.82, 2.24) is 4.90 Å². The molecule has 0 fully saturated rings. The Morgan fingerprint density at radius 2 is 2.29 bits per heavy atom. The van der Waals surface area contributed by atoms with Gasteiger partial charge in [-0.25, -0.2) is 0 Å². The van der Waals surface area contributed by atoms with Crippen LogP contribution in [0.3, 0.4) is 0 Å². The molecule has 0 bridgehead atoms. The molecule has 0 aromatic carbocycles. The Bertz CT molecular complexity index is 327. The van der Waals surface area contributed by atoms with Gasteiger partial charge < -0.3 is 4.42 Å². The van der Waals surface area contributed by atoms with E-state index in [2.05, 4.69) is 35.8 Å². The highest BCUT2D eigenvalue weighted by Crippen LogP contribution is 2.16. The minimum Gasteiger partial charge on any atom is -0.453 e. The highest BCUT2D eigenvalue weighted by atomic mass is 79.9. The first-order chi connectivity index (χ1) is 6.63. The number of hydrogen-bond acceptors (Lipinski definition) is 3. The van der Waals surface area contributed by atoms with Gasteiger partial charge in [-0.2, -0.15) is 5.26 Å². The van der Waals surface area contributed by atoms with Gasteiger partial charge in [0.25, 0.3) is 0 Å². The maximum Gasteiger partial charge on any atom is 0.169 e. The van der Waals surface area contributed by atoms with Crippen molar-refractivity contribution in [1.29, 1.82) is 5.26 Å². The predicted molar refractivity (Wildman–Crippen MR) is 57.6 cm³/mol. The third kappa shape index (κ3) is 3.17. The van der Waals surface area contributed by atoms with Gasteiger partial charge in [0.1, 0.15) is 5.76 Å². The van der Waals surface area contributed by atoms with E-state index in [4.69, 9.17) is 9.68 Å². The molecule has 1 aromatic heterocycles. The maximum absolute atomic E-state index is 8.64. The lowest BCUT2D eigenvalue weighted by atomic mass is 10.3. The summed E-state index contributed by atoms with van der Waals surface area (Å²) in [6.07, 6.45) is 0. The van der Waals surface area contributed by atoms with Gasteiger partial charge in [-0.3, -0.25) is 4.90 Å². The van der Waals surface area contributed by atoms with E-state index in [9.17, 15) is 0 Å². The first-order valence-electron chi connectivity index (χ1n) is 4.48. The third-order valence-electron chi connectivity index (χ3n) is 1.99. The highest BCUT2D eigenvalue weighted by Gasteiger charge is 2.11. The van der Waals surface area contributed by atoms with Crippen LogP contribution in [0.4, 0.5) is 0 Å². The Balaban J connectivity index is 2.60. The molecule has 3 nitrogen and oxygen atoms in total. The number of rotatable bonds is 4. The highest BCUT2D eigenvalue weighted by molar-refractivity contribution is 9.10. The summed E-state index contributed by atoms with van der Waals surface area (Å²) in [5.41, 5.74) is 0. The quantitative estimate of drug-likeness (QED) is 0.778. The van der Waals surface area contributed by atoms with Crippen LogP contribution >= 0.6 is 15.9 Å². The molecule has 14 heavy (non-hydrogen) atoms. The van der Waals surface area contributed by atoms with Crippen molar-refractivity contribution in [3.63, 3.8) is 0 Å². The molecule has 0 amide bonds. The first kappa shape index (κ1) is 11.3. The van der Waals surface area contributed by atoms with Crippen LogP contribution in [0, 0.1) is 11.3 Å². The van der Waals surface area contributed by atoms with Gasteiger partial charge in [0.2, 0.25) is 0 Å². The van der Waals surface area contributed by atoms with Gasteiger partial charge in [0.05, 0.1) is 19.2 Å². The summed E-state index contributed by atoms with van der Waals surface area (Å²) in [7, 11) is 0. The van der Waals surface area contributed by atoms with Gasteiger partial charge in [-0.05, 0) is 41.9 Å². The molecule has 1 rings (SSSR count). The number of hydrogen-bond donors (Lipinski definition) is 0. The minimum atomic E-state index is 0.346. The fourth-order valence-corrected chi connectivity index (χ4v) is 1.49. The van der Waals surface area contributed by atoms with Crippen molar-refractivity contribution >= 4 is 15.9 Å². The van der Waals surface area contributed by atoms with E-state index in [1.165, 1.54) is 0 Å². The number of furan rings is 1. The fourth-order valence-electron chi connectivity index (χ4n) is 1.15. The van der Waals surface area contributed by atoms with Crippen molar-refractivity contribution in [2.75, 3.05) is 6.54 Å². The molecule has 0 radical (unpaired) electrons. The smallest absolute Gasteiger partial charge is 0.169 e. The van der Waals surface area contributed by atoms with E-state index in [0.29, 0.717) is 19.1 Å². The van der Waals surface area contributed by atoms with Gasteiger partial charge in [0, 0.05) is 6.04 Å². The molecule has 0 saturated heterocycles. The summed E-state index contributed by atoms with van der Waals surface area (Å²) >= 11 is 3.25. The summed E-state index contributed by atoms with van der Waals surface area (Å²) in [6, 6.07) is 6.27. The first-order valence-corrected chi connectivity index (χ1v) is 5.28. The van der Waals surface area contributed by atoms with Crippen LogP contribution in [0.1, 0.15) is 19.6 Å². The second-order valence-electron chi connectivity index (χ2n) is 3.36. The number of nitriles is 1. The standard InChI is InChI=1S/C10H13BrN2O/c1-8(2)13(6-5-12)7-9-3-4-10(11)14-9/h3-4,8H,6-7H2,1-2H3. The Kier molecular flexibility index (Phi) is 4.18. The fraction of sp³-hybridized carbons (Fsp3) is 0.500. The van der Waals surface area contributed by atoms with Crippen LogP contribution in [0.2, 0.25) is 0 Å². The average Bonchev–Trinajstić information content (AvgIpc) is 2.50. The SMILES string of the molecule is CC(C)N(CC#N)Cc1ccc(Br)o1. The van der Waals surface area contributed by atoms with Crippen molar-refractivity contribution in [2.24, 2.45) is 0 Å². The lowest BCUT2D eigenvalue weighted by Gasteiger charge is -2.21. The van der Waals surface area contributed by atoms with E-state index >= 15 is 0 Å². The Hall–Kier alpha value is -0.790. The predicted octanol–water partition coefficient (Wildman–Crippen LogP) is 2.78. The molecular weight excluding hydrogens is 244 g/mol. The minimum absolute atomic E-state index is 0.346. The number of halogens is 1. The van der Waals surface area contributed by atoms with Crippen molar-refractivity contribution < 1.29 is 4.42 Å². The largest absolute Gasteiger partial charge is 0.453 e. The molecule has 4 heteroatoms. The van der Waals surface area contributed by atoms with E-state index in [1.54, 1.807) is 0 Å². The van der Waals surface area contributed by atoms with Crippen molar-refractivity contribution in [2.45, 2.75) is 26.4 Å². The molecule has 1 aromatic rings. The monoisotopic (exact) mass is 256 g/mol. The maximum atomic E-state index is 8.64. The molecule has 0 unspecified atom stereocenters. The van der Waals surface area contributed by atoms with Crippen LogP contribution in [0.25, 0.3) is 0 Å². The lowest BCUT2D eigenvalue weighted by molar-refractivity contribution is 0.220. The van der Waals surface area contributed by atoms with Gasteiger partial charge in [-0.1, -0.05) is 0 Å². The van der Waals surface area contributed by atoms with Gasteiger partial charge in [-0.15, -0.1) is 0 Å². The number of nitrogens with zero attached hydrogens (tertiary/aromatic N) is 2. The van der Waals surface area contributed by atoms with Gasteiger partial charge in [0.15, 0.2) is 4.67 Å². The molecule has 0 aliphatic rings. The normalized spacial score (nSPS) is 10.9. The molecule has 0 saturated carbocycles. The molecular formula is C10H13BrN2O. The molecule has 0 atom stereocenters. The molecule has 0 aliphatic carbocycles. The molecule has 0 spiro atoms. The molecule has 0 aliphatic heterocycles. The molecule has 76 valence electrons. The topological polar surface area (TPSA) is 40.2 Å². The summed E-state index contributed by atoms with van der Waals surface area (Å²) in [4.78, 5) is 2.05. The third-order valence-corrected chi connectivity index (χ3v) is 2.42. The Morgan fingerprint density at radius 1 is 1.57 bits per heavy atom. The summed E-state index contributed by atoms with van der Waals surface area (Å²) in [5, 5.41) is 8.64. The zero-order valence-electron chi connectivity index (χ0n) is 8.33. The zero-order valence-corrected chi connectivity index (χ0v) is 9.91. The van der Waals surface area contributed by atoms with E-state index in [-0.39, 0.29) is 0 Å².